The van der Waals surface area contributed by atoms with Crippen LogP contribution in [0.15, 0.2) is 34.9 Å². The molecule has 0 aliphatic carbocycles. The monoisotopic (exact) mass is 334 g/mol. The molecule has 0 fully saturated rings. The Morgan fingerprint density at radius 3 is 2.62 bits per heavy atom. The van der Waals surface area contributed by atoms with Crippen LogP contribution in [-0.4, -0.2) is 45.2 Å². The number of carbonyl (C=O) groups is 1. The van der Waals surface area contributed by atoms with Gasteiger partial charge in [-0.25, -0.2) is 4.79 Å². The highest BCUT2D eigenvalue weighted by Gasteiger charge is 2.28. The van der Waals surface area contributed by atoms with Gasteiger partial charge in [-0.3, -0.25) is 0 Å². The number of carboxylic acids is 1. The number of aromatic carboxylic acids is 1. The normalized spacial score (nSPS) is 13.5. The zero-order chi connectivity index (χ0) is 17.6. The lowest BCUT2D eigenvalue weighted by Gasteiger charge is -2.26. The molecule has 4 N–H and O–H groups in total. The van der Waals surface area contributed by atoms with Crippen molar-refractivity contribution in [2.45, 2.75) is 31.8 Å². The van der Waals surface area contributed by atoms with E-state index in [1.165, 1.54) is 0 Å². The second-order valence-corrected chi connectivity index (χ2v) is 5.67. The van der Waals surface area contributed by atoms with Gasteiger partial charge in [-0.2, -0.15) is 0 Å². The van der Waals surface area contributed by atoms with Gasteiger partial charge in [-0.15, -0.1) is 0 Å². The number of nitrogens with zero attached hydrogens (tertiary/aromatic N) is 1. The number of rotatable bonds is 9. The molecule has 1 unspecified atom stereocenters. The van der Waals surface area contributed by atoms with E-state index in [-0.39, 0.29) is 30.3 Å². The summed E-state index contributed by atoms with van der Waals surface area (Å²) < 4.78 is 5.21. The third-order valence-corrected chi connectivity index (χ3v) is 3.99. The SMILES string of the molecule is CCC(O)(CCCO)CNc1noc(-c2ccccc2)c1C(=O)O. The number of carboxylic acid groups (broad SMARTS) is 1. The Kier molecular flexibility index (Phi) is 5.94. The minimum atomic E-state index is -1.16. The number of hydrogen-bond acceptors (Lipinski definition) is 6. The Balaban J connectivity index is 2.22. The van der Waals surface area contributed by atoms with Gasteiger partial charge in [0.05, 0.1) is 5.60 Å². The Bertz CT molecular complexity index is 671. The maximum atomic E-state index is 11.6. The number of aliphatic hydroxyl groups excluding tert-OH is 1. The number of hydrogen-bond donors (Lipinski definition) is 4. The largest absolute Gasteiger partial charge is 0.477 e. The summed E-state index contributed by atoms with van der Waals surface area (Å²) >= 11 is 0. The van der Waals surface area contributed by atoms with Crippen LogP contribution in [-0.2, 0) is 0 Å². The van der Waals surface area contributed by atoms with E-state index >= 15 is 0 Å². The van der Waals surface area contributed by atoms with Crippen molar-refractivity contribution >= 4 is 11.8 Å². The standard InChI is InChI=1S/C17H22N2O5/c1-2-17(23,9-6-10-20)11-18-15-13(16(21)22)14(24-19-15)12-7-4-3-5-8-12/h3-5,7-8,20,23H,2,6,9-11H2,1H3,(H,18,19)(H,21,22). The molecule has 1 aromatic carbocycles. The predicted molar refractivity (Wildman–Crippen MR) is 88.9 cm³/mol. The van der Waals surface area contributed by atoms with Crippen LogP contribution in [0.2, 0.25) is 0 Å². The molecule has 0 saturated carbocycles. The van der Waals surface area contributed by atoms with Crippen LogP contribution in [0.1, 0.15) is 36.5 Å². The first kappa shape index (κ1) is 18.0. The highest BCUT2D eigenvalue weighted by molar-refractivity contribution is 5.99. The predicted octanol–water partition coefficient (Wildman–Crippen LogP) is 2.37. The van der Waals surface area contributed by atoms with Crippen LogP contribution in [0.3, 0.4) is 0 Å². The number of benzene rings is 1. The zero-order valence-electron chi connectivity index (χ0n) is 13.5. The van der Waals surface area contributed by atoms with Gasteiger partial charge in [-0.05, 0) is 19.3 Å². The molecular formula is C17H22N2O5. The maximum absolute atomic E-state index is 11.6. The molecule has 7 nitrogen and oxygen atoms in total. The first-order chi connectivity index (χ1) is 11.5. The number of aromatic nitrogens is 1. The second kappa shape index (κ2) is 7.94. The maximum Gasteiger partial charge on any atom is 0.343 e. The van der Waals surface area contributed by atoms with E-state index < -0.39 is 11.6 Å². The van der Waals surface area contributed by atoms with E-state index in [0.29, 0.717) is 24.8 Å². The molecule has 0 aliphatic heterocycles. The van der Waals surface area contributed by atoms with Crippen LogP contribution in [0.5, 0.6) is 0 Å². The van der Waals surface area contributed by atoms with Crippen molar-refractivity contribution in [3.8, 4) is 11.3 Å². The first-order valence-electron chi connectivity index (χ1n) is 7.86. The van der Waals surface area contributed by atoms with E-state index in [0.717, 1.165) is 0 Å². The van der Waals surface area contributed by atoms with Crippen LogP contribution >= 0.6 is 0 Å². The van der Waals surface area contributed by atoms with Gasteiger partial charge in [0.2, 0.25) is 0 Å². The highest BCUT2D eigenvalue weighted by atomic mass is 16.5. The van der Waals surface area contributed by atoms with Crippen molar-refractivity contribution in [1.82, 2.24) is 5.16 Å². The Morgan fingerprint density at radius 1 is 1.33 bits per heavy atom. The molecule has 2 aromatic rings. The summed E-state index contributed by atoms with van der Waals surface area (Å²) in [5, 5.41) is 35.6. The molecule has 7 heteroatoms. The van der Waals surface area contributed by atoms with Crippen LogP contribution < -0.4 is 5.32 Å². The first-order valence-corrected chi connectivity index (χ1v) is 7.86. The molecule has 0 amide bonds. The molecule has 0 spiro atoms. The third-order valence-electron chi connectivity index (χ3n) is 3.99. The van der Waals surface area contributed by atoms with Gasteiger partial charge in [0.25, 0.3) is 0 Å². The van der Waals surface area contributed by atoms with E-state index in [1.54, 1.807) is 24.3 Å². The van der Waals surface area contributed by atoms with Gasteiger partial charge in [0.1, 0.15) is 0 Å². The Hall–Kier alpha value is -2.38. The molecule has 1 atom stereocenters. The fourth-order valence-electron chi connectivity index (χ4n) is 2.44. The number of aliphatic hydroxyl groups is 2. The van der Waals surface area contributed by atoms with Crippen molar-refractivity contribution in [3.05, 3.63) is 35.9 Å². The van der Waals surface area contributed by atoms with Gasteiger partial charge in [0, 0.05) is 18.7 Å². The van der Waals surface area contributed by atoms with E-state index in [2.05, 4.69) is 10.5 Å². The molecule has 1 heterocycles. The molecule has 0 saturated heterocycles. The Labute approximate surface area is 139 Å². The van der Waals surface area contributed by atoms with Crippen molar-refractivity contribution in [2.24, 2.45) is 0 Å². The molecule has 0 aliphatic rings. The summed E-state index contributed by atoms with van der Waals surface area (Å²) in [6.07, 6.45) is 1.33. The average Bonchev–Trinajstić information content (AvgIpc) is 3.03. The molecule has 0 radical (unpaired) electrons. The van der Waals surface area contributed by atoms with Gasteiger partial charge < -0.3 is 25.2 Å². The van der Waals surface area contributed by atoms with Gasteiger partial charge in [0.15, 0.2) is 17.1 Å². The fraction of sp³-hybridized carbons (Fsp3) is 0.412. The molecule has 2 rings (SSSR count). The molecule has 130 valence electrons. The molecule has 0 bridgehead atoms. The second-order valence-electron chi connectivity index (χ2n) is 5.67. The lowest BCUT2D eigenvalue weighted by Crippen LogP contribution is -2.36. The summed E-state index contributed by atoms with van der Waals surface area (Å²) in [6.45, 7) is 1.94. The van der Waals surface area contributed by atoms with Crippen LogP contribution in [0, 0.1) is 0 Å². The quantitative estimate of drug-likeness (QED) is 0.556. The van der Waals surface area contributed by atoms with Crippen molar-refractivity contribution in [2.75, 3.05) is 18.5 Å². The number of nitrogens with one attached hydrogen (secondary N) is 1. The minimum Gasteiger partial charge on any atom is -0.477 e. The smallest absolute Gasteiger partial charge is 0.343 e. The van der Waals surface area contributed by atoms with Crippen molar-refractivity contribution in [1.29, 1.82) is 0 Å². The van der Waals surface area contributed by atoms with Crippen molar-refractivity contribution < 1.29 is 24.6 Å². The third kappa shape index (κ3) is 4.12. The molecule has 1 aromatic heterocycles. The molecular weight excluding hydrogens is 312 g/mol. The average molecular weight is 334 g/mol. The zero-order valence-corrected chi connectivity index (χ0v) is 13.5. The van der Waals surface area contributed by atoms with Crippen molar-refractivity contribution in [3.63, 3.8) is 0 Å². The fourth-order valence-corrected chi connectivity index (χ4v) is 2.44. The van der Waals surface area contributed by atoms with E-state index in [1.807, 2.05) is 13.0 Å². The lowest BCUT2D eigenvalue weighted by molar-refractivity contribution is 0.0337. The van der Waals surface area contributed by atoms with Gasteiger partial charge in [-0.1, -0.05) is 42.4 Å². The number of anilines is 1. The van der Waals surface area contributed by atoms with Crippen LogP contribution in [0.4, 0.5) is 5.82 Å². The minimum absolute atomic E-state index is 0.00913. The Morgan fingerprint density at radius 2 is 2.04 bits per heavy atom. The summed E-state index contributed by atoms with van der Waals surface area (Å²) in [5.41, 5.74) is -0.507. The summed E-state index contributed by atoms with van der Waals surface area (Å²) in [7, 11) is 0. The molecule has 24 heavy (non-hydrogen) atoms. The lowest BCUT2D eigenvalue weighted by atomic mass is 9.94. The summed E-state index contributed by atoms with van der Waals surface area (Å²) in [5.74, 6) is -0.911. The summed E-state index contributed by atoms with van der Waals surface area (Å²) in [6, 6.07) is 8.85. The van der Waals surface area contributed by atoms with Gasteiger partial charge >= 0.3 is 5.97 Å². The van der Waals surface area contributed by atoms with E-state index in [9.17, 15) is 15.0 Å². The topological polar surface area (TPSA) is 116 Å². The van der Waals surface area contributed by atoms with E-state index in [4.69, 9.17) is 9.63 Å². The van der Waals surface area contributed by atoms with Crippen LogP contribution in [0.25, 0.3) is 11.3 Å². The summed E-state index contributed by atoms with van der Waals surface area (Å²) in [4.78, 5) is 11.6. The highest BCUT2D eigenvalue weighted by Crippen LogP contribution is 2.30.